The van der Waals surface area contributed by atoms with Gasteiger partial charge in [0.1, 0.15) is 0 Å². The molecule has 22 heavy (non-hydrogen) atoms. The SMILES string of the molecule is COc1ccc(CNC(=O)NCc2ccccc2)cc1OC. The number of benzene rings is 2. The normalized spacial score (nSPS) is 9.91. The highest BCUT2D eigenvalue weighted by atomic mass is 16.5. The second-order valence-electron chi connectivity index (χ2n) is 4.71. The molecular formula is C17H20N2O3. The van der Waals surface area contributed by atoms with Crippen molar-refractivity contribution in [3.8, 4) is 11.5 Å². The van der Waals surface area contributed by atoms with Gasteiger partial charge in [-0.25, -0.2) is 4.79 Å². The van der Waals surface area contributed by atoms with Crippen molar-refractivity contribution in [3.05, 3.63) is 59.7 Å². The fraction of sp³-hybridized carbons (Fsp3) is 0.235. The van der Waals surface area contributed by atoms with Gasteiger partial charge in [0.05, 0.1) is 14.2 Å². The molecule has 0 bridgehead atoms. The summed E-state index contributed by atoms with van der Waals surface area (Å²) in [4.78, 5) is 11.8. The highest BCUT2D eigenvalue weighted by molar-refractivity contribution is 5.73. The first-order chi connectivity index (χ1) is 10.7. The minimum absolute atomic E-state index is 0.210. The Morgan fingerprint density at radius 1 is 0.864 bits per heavy atom. The lowest BCUT2D eigenvalue weighted by Gasteiger charge is -2.11. The number of rotatable bonds is 6. The average Bonchev–Trinajstić information content (AvgIpc) is 2.58. The van der Waals surface area contributed by atoms with Crippen LogP contribution in [0.15, 0.2) is 48.5 Å². The van der Waals surface area contributed by atoms with E-state index in [1.165, 1.54) is 0 Å². The molecule has 0 saturated heterocycles. The molecule has 2 N–H and O–H groups in total. The molecular weight excluding hydrogens is 280 g/mol. The molecule has 0 fully saturated rings. The second kappa shape index (κ2) is 7.93. The van der Waals surface area contributed by atoms with Crippen LogP contribution in [0.25, 0.3) is 0 Å². The Bertz CT molecular complexity index is 615. The number of urea groups is 1. The first kappa shape index (κ1) is 15.7. The molecule has 5 heteroatoms. The fourth-order valence-electron chi connectivity index (χ4n) is 2.01. The van der Waals surface area contributed by atoms with E-state index in [4.69, 9.17) is 9.47 Å². The fourth-order valence-corrected chi connectivity index (χ4v) is 2.01. The van der Waals surface area contributed by atoms with Crippen molar-refractivity contribution in [2.45, 2.75) is 13.1 Å². The van der Waals surface area contributed by atoms with Crippen LogP contribution in [0.4, 0.5) is 4.79 Å². The number of hydrogen-bond acceptors (Lipinski definition) is 3. The van der Waals surface area contributed by atoms with Crippen molar-refractivity contribution in [1.82, 2.24) is 10.6 Å². The minimum Gasteiger partial charge on any atom is -0.493 e. The van der Waals surface area contributed by atoms with Crippen LogP contribution in [-0.2, 0) is 13.1 Å². The number of amides is 2. The van der Waals surface area contributed by atoms with E-state index >= 15 is 0 Å². The van der Waals surface area contributed by atoms with Crippen molar-refractivity contribution in [3.63, 3.8) is 0 Å². The molecule has 0 heterocycles. The predicted octanol–water partition coefficient (Wildman–Crippen LogP) is 2.70. The molecule has 0 radical (unpaired) electrons. The van der Waals surface area contributed by atoms with E-state index in [1.807, 2.05) is 48.5 Å². The quantitative estimate of drug-likeness (QED) is 0.862. The smallest absolute Gasteiger partial charge is 0.315 e. The van der Waals surface area contributed by atoms with Crippen molar-refractivity contribution >= 4 is 6.03 Å². The maximum Gasteiger partial charge on any atom is 0.315 e. The van der Waals surface area contributed by atoms with Crippen LogP contribution in [-0.4, -0.2) is 20.3 Å². The third-order valence-electron chi connectivity index (χ3n) is 3.20. The highest BCUT2D eigenvalue weighted by Gasteiger charge is 2.06. The van der Waals surface area contributed by atoms with Crippen LogP contribution in [0.1, 0.15) is 11.1 Å². The molecule has 0 spiro atoms. The Morgan fingerprint density at radius 3 is 2.14 bits per heavy atom. The maximum absolute atomic E-state index is 11.8. The van der Waals surface area contributed by atoms with E-state index in [2.05, 4.69) is 10.6 Å². The molecule has 116 valence electrons. The summed E-state index contributed by atoms with van der Waals surface area (Å²) in [6, 6.07) is 15.1. The van der Waals surface area contributed by atoms with E-state index in [1.54, 1.807) is 14.2 Å². The Labute approximate surface area is 130 Å². The standard InChI is InChI=1S/C17H20N2O3/c1-21-15-9-8-14(10-16(15)22-2)12-19-17(20)18-11-13-6-4-3-5-7-13/h3-10H,11-12H2,1-2H3,(H2,18,19,20). The molecule has 0 aliphatic carbocycles. The Balaban J connectivity index is 1.83. The van der Waals surface area contributed by atoms with Gasteiger partial charge in [-0.2, -0.15) is 0 Å². The van der Waals surface area contributed by atoms with E-state index < -0.39 is 0 Å². The van der Waals surface area contributed by atoms with Crippen LogP contribution in [0.3, 0.4) is 0 Å². The summed E-state index contributed by atoms with van der Waals surface area (Å²) in [5.74, 6) is 1.31. The van der Waals surface area contributed by atoms with Crippen molar-refractivity contribution in [1.29, 1.82) is 0 Å². The molecule has 2 aromatic carbocycles. The zero-order valence-corrected chi connectivity index (χ0v) is 12.8. The second-order valence-corrected chi connectivity index (χ2v) is 4.71. The number of carbonyl (C=O) groups is 1. The molecule has 0 saturated carbocycles. The molecule has 2 aromatic rings. The third kappa shape index (κ3) is 4.41. The van der Waals surface area contributed by atoms with E-state index in [-0.39, 0.29) is 6.03 Å². The Kier molecular flexibility index (Phi) is 5.65. The largest absolute Gasteiger partial charge is 0.493 e. The maximum atomic E-state index is 11.8. The topological polar surface area (TPSA) is 59.6 Å². The molecule has 2 rings (SSSR count). The van der Waals surface area contributed by atoms with Gasteiger partial charge >= 0.3 is 6.03 Å². The van der Waals surface area contributed by atoms with Crippen LogP contribution in [0.2, 0.25) is 0 Å². The van der Waals surface area contributed by atoms with Gasteiger partial charge in [-0.3, -0.25) is 0 Å². The first-order valence-electron chi connectivity index (χ1n) is 6.99. The molecule has 5 nitrogen and oxygen atoms in total. The van der Waals surface area contributed by atoms with E-state index in [0.29, 0.717) is 24.6 Å². The van der Waals surface area contributed by atoms with Gasteiger partial charge < -0.3 is 20.1 Å². The van der Waals surface area contributed by atoms with Crippen LogP contribution in [0.5, 0.6) is 11.5 Å². The average molecular weight is 300 g/mol. The summed E-state index contributed by atoms with van der Waals surface area (Å²) in [5.41, 5.74) is 2.00. The lowest BCUT2D eigenvalue weighted by molar-refractivity contribution is 0.240. The highest BCUT2D eigenvalue weighted by Crippen LogP contribution is 2.27. The lowest BCUT2D eigenvalue weighted by Crippen LogP contribution is -2.34. The van der Waals surface area contributed by atoms with Gasteiger partial charge in [-0.05, 0) is 23.3 Å². The van der Waals surface area contributed by atoms with Crippen LogP contribution >= 0.6 is 0 Å². The summed E-state index contributed by atoms with van der Waals surface area (Å²) < 4.78 is 10.4. The monoisotopic (exact) mass is 300 g/mol. The van der Waals surface area contributed by atoms with Gasteiger partial charge in [-0.15, -0.1) is 0 Å². The minimum atomic E-state index is -0.210. The summed E-state index contributed by atoms with van der Waals surface area (Å²) >= 11 is 0. The number of hydrogen-bond donors (Lipinski definition) is 2. The van der Waals surface area contributed by atoms with E-state index in [0.717, 1.165) is 11.1 Å². The van der Waals surface area contributed by atoms with Crippen molar-refractivity contribution < 1.29 is 14.3 Å². The summed E-state index contributed by atoms with van der Waals surface area (Å²) in [7, 11) is 3.18. The van der Waals surface area contributed by atoms with Gasteiger partial charge in [-0.1, -0.05) is 36.4 Å². The molecule has 0 aromatic heterocycles. The van der Waals surface area contributed by atoms with Crippen LogP contribution < -0.4 is 20.1 Å². The Morgan fingerprint density at radius 2 is 1.50 bits per heavy atom. The van der Waals surface area contributed by atoms with Crippen molar-refractivity contribution in [2.24, 2.45) is 0 Å². The predicted molar refractivity (Wildman–Crippen MR) is 85.1 cm³/mol. The summed E-state index contributed by atoms with van der Waals surface area (Å²) in [5, 5.41) is 5.63. The zero-order chi connectivity index (χ0) is 15.8. The molecule has 0 aliphatic heterocycles. The number of carbonyl (C=O) groups excluding carboxylic acids is 1. The molecule has 0 aliphatic rings. The van der Waals surface area contributed by atoms with Gasteiger partial charge in [0.2, 0.25) is 0 Å². The Hall–Kier alpha value is -2.69. The van der Waals surface area contributed by atoms with Gasteiger partial charge in [0.15, 0.2) is 11.5 Å². The van der Waals surface area contributed by atoms with Crippen molar-refractivity contribution in [2.75, 3.05) is 14.2 Å². The number of methoxy groups -OCH3 is 2. The summed E-state index contributed by atoms with van der Waals surface area (Å²) in [6.45, 7) is 0.916. The molecule has 0 unspecified atom stereocenters. The first-order valence-corrected chi connectivity index (χ1v) is 6.99. The lowest BCUT2D eigenvalue weighted by atomic mass is 10.2. The molecule has 0 atom stereocenters. The van der Waals surface area contributed by atoms with Crippen LogP contribution in [0, 0.1) is 0 Å². The number of nitrogens with one attached hydrogen (secondary N) is 2. The van der Waals surface area contributed by atoms with E-state index in [9.17, 15) is 4.79 Å². The van der Waals surface area contributed by atoms with Gasteiger partial charge in [0.25, 0.3) is 0 Å². The zero-order valence-electron chi connectivity index (χ0n) is 12.8. The number of ether oxygens (including phenoxy) is 2. The summed E-state index contributed by atoms with van der Waals surface area (Å²) in [6.07, 6.45) is 0. The molecule has 2 amide bonds. The third-order valence-corrected chi connectivity index (χ3v) is 3.20. The van der Waals surface area contributed by atoms with Gasteiger partial charge in [0, 0.05) is 13.1 Å².